The summed E-state index contributed by atoms with van der Waals surface area (Å²) in [6.07, 6.45) is 0. The van der Waals surface area contributed by atoms with Gasteiger partial charge in [-0.05, 0) is 52.1 Å². The van der Waals surface area contributed by atoms with Crippen LogP contribution in [0.4, 0.5) is 0 Å². The van der Waals surface area contributed by atoms with Crippen molar-refractivity contribution in [1.82, 2.24) is 0 Å². The fourth-order valence-electron chi connectivity index (χ4n) is 4.32. The molecule has 6 rings (SSSR count). The van der Waals surface area contributed by atoms with E-state index in [0.29, 0.717) is 0 Å². The second-order valence-corrected chi connectivity index (χ2v) is 8.86. The average Bonchev–Trinajstić information content (AvgIpc) is 3.23. The van der Waals surface area contributed by atoms with Gasteiger partial charge in [0, 0.05) is 25.7 Å². The number of thiophene rings is 1. The maximum absolute atomic E-state index is 2.37. The van der Waals surface area contributed by atoms with Crippen molar-refractivity contribution in [1.29, 1.82) is 0 Å². The molecule has 0 saturated heterocycles. The van der Waals surface area contributed by atoms with Gasteiger partial charge in [0.05, 0.1) is 0 Å². The van der Waals surface area contributed by atoms with Crippen LogP contribution < -0.4 is 0 Å². The highest BCUT2D eigenvalue weighted by molar-refractivity contribution is 7.26. The number of hydrogen-bond acceptors (Lipinski definition) is 1. The Morgan fingerprint density at radius 3 is 1.58 bits per heavy atom. The van der Waals surface area contributed by atoms with Gasteiger partial charge in [-0.15, -0.1) is 11.3 Å². The molecule has 0 N–H and O–H groups in total. The largest absolute Gasteiger partial charge is 0.135 e. The molecule has 0 amide bonds. The third-order valence-electron chi connectivity index (χ3n) is 5.87. The van der Waals surface area contributed by atoms with Crippen molar-refractivity contribution in [2.24, 2.45) is 0 Å². The Hall–Kier alpha value is -3.68. The average molecular weight is 413 g/mol. The van der Waals surface area contributed by atoms with Gasteiger partial charge in [0.15, 0.2) is 0 Å². The van der Waals surface area contributed by atoms with E-state index in [2.05, 4.69) is 121 Å². The summed E-state index contributed by atoms with van der Waals surface area (Å²) >= 11 is 1.89. The lowest BCUT2D eigenvalue weighted by molar-refractivity contribution is 1.63. The van der Waals surface area contributed by atoms with Crippen LogP contribution >= 0.6 is 11.3 Å². The van der Waals surface area contributed by atoms with E-state index in [1.54, 1.807) is 0 Å². The molecule has 0 radical (unpaired) electrons. The molecule has 31 heavy (non-hydrogen) atoms. The fraction of sp³-hybridized carbons (Fsp3) is 0. The maximum Gasteiger partial charge on any atom is 0.0434 e. The molecule has 0 nitrogen and oxygen atoms in total. The van der Waals surface area contributed by atoms with Crippen molar-refractivity contribution in [2.75, 3.05) is 0 Å². The predicted octanol–water partition coefficient (Wildman–Crippen LogP) is 9.06. The topological polar surface area (TPSA) is 0 Å². The number of fused-ring (bicyclic) bond motifs is 3. The molecule has 0 saturated carbocycles. The quantitative estimate of drug-likeness (QED) is 0.272. The van der Waals surface area contributed by atoms with E-state index >= 15 is 0 Å². The summed E-state index contributed by atoms with van der Waals surface area (Å²) in [5, 5.41) is 2.66. The third-order valence-corrected chi connectivity index (χ3v) is 7.09. The van der Waals surface area contributed by atoms with Crippen molar-refractivity contribution >= 4 is 31.5 Å². The van der Waals surface area contributed by atoms with Crippen molar-refractivity contribution in [2.45, 2.75) is 0 Å². The summed E-state index contributed by atoms with van der Waals surface area (Å²) in [4.78, 5) is 0. The van der Waals surface area contributed by atoms with Crippen LogP contribution in [-0.2, 0) is 0 Å². The normalized spacial score (nSPS) is 11.2. The standard InChI is InChI=1S/C30H20S/c1-4-10-21(11-5-1)24-16-17-29-27(18-24)28-20-25(22-12-6-2-7-13-22)19-26(30(28)31-29)23-14-8-3-9-15-23/h1-20H. The van der Waals surface area contributed by atoms with E-state index in [-0.39, 0.29) is 0 Å². The van der Waals surface area contributed by atoms with Crippen LogP contribution in [0.3, 0.4) is 0 Å². The summed E-state index contributed by atoms with van der Waals surface area (Å²) in [5.41, 5.74) is 7.60. The molecule has 0 fully saturated rings. The molecule has 1 aromatic heterocycles. The van der Waals surface area contributed by atoms with Crippen LogP contribution in [0.2, 0.25) is 0 Å². The molecule has 5 aromatic carbocycles. The van der Waals surface area contributed by atoms with Gasteiger partial charge in [0.2, 0.25) is 0 Å². The molecule has 0 aliphatic rings. The van der Waals surface area contributed by atoms with Gasteiger partial charge in [-0.3, -0.25) is 0 Å². The molecule has 0 aliphatic carbocycles. The van der Waals surface area contributed by atoms with Gasteiger partial charge < -0.3 is 0 Å². The van der Waals surface area contributed by atoms with Crippen LogP contribution in [0.25, 0.3) is 53.6 Å². The van der Waals surface area contributed by atoms with E-state index in [9.17, 15) is 0 Å². The van der Waals surface area contributed by atoms with E-state index in [1.165, 1.54) is 53.6 Å². The van der Waals surface area contributed by atoms with Gasteiger partial charge in [0.1, 0.15) is 0 Å². The summed E-state index contributed by atoms with van der Waals surface area (Å²) < 4.78 is 2.68. The van der Waals surface area contributed by atoms with Crippen molar-refractivity contribution in [3.05, 3.63) is 121 Å². The second-order valence-electron chi connectivity index (χ2n) is 7.81. The Bertz CT molecular complexity index is 1490. The molecule has 0 unspecified atom stereocenters. The Kier molecular flexibility index (Phi) is 4.40. The van der Waals surface area contributed by atoms with Gasteiger partial charge >= 0.3 is 0 Å². The maximum atomic E-state index is 2.37. The predicted molar refractivity (Wildman–Crippen MR) is 136 cm³/mol. The van der Waals surface area contributed by atoms with Crippen LogP contribution in [-0.4, -0.2) is 0 Å². The molecule has 0 aliphatic heterocycles. The first-order valence-corrected chi connectivity index (χ1v) is 11.3. The zero-order valence-electron chi connectivity index (χ0n) is 17.0. The smallest absolute Gasteiger partial charge is 0.0434 e. The fourth-order valence-corrected chi connectivity index (χ4v) is 5.52. The summed E-state index contributed by atoms with van der Waals surface area (Å²) in [6, 6.07) is 43.7. The highest BCUT2D eigenvalue weighted by Crippen LogP contribution is 2.43. The lowest BCUT2D eigenvalue weighted by Gasteiger charge is -2.09. The molecule has 146 valence electrons. The lowest BCUT2D eigenvalue weighted by atomic mass is 9.95. The monoisotopic (exact) mass is 412 g/mol. The number of benzene rings is 5. The second kappa shape index (κ2) is 7.54. The van der Waals surface area contributed by atoms with Crippen LogP contribution in [0.5, 0.6) is 0 Å². The Labute approximate surface area is 186 Å². The number of rotatable bonds is 3. The first-order chi connectivity index (χ1) is 15.4. The van der Waals surface area contributed by atoms with E-state index in [1.807, 2.05) is 11.3 Å². The molecule has 0 spiro atoms. The highest BCUT2D eigenvalue weighted by Gasteiger charge is 2.14. The minimum absolute atomic E-state index is 1.25. The molecule has 6 aromatic rings. The van der Waals surface area contributed by atoms with Crippen LogP contribution in [0, 0.1) is 0 Å². The first kappa shape index (κ1) is 18.1. The number of hydrogen-bond donors (Lipinski definition) is 0. The molecule has 1 heterocycles. The van der Waals surface area contributed by atoms with Crippen molar-refractivity contribution in [3.8, 4) is 33.4 Å². The minimum atomic E-state index is 1.25. The van der Waals surface area contributed by atoms with E-state index < -0.39 is 0 Å². The molecular formula is C30H20S. The first-order valence-electron chi connectivity index (χ1n) is 10.5. The third kappa shape index (κ3) is 3.24. The Balaban J connectivity index is 1.67. The summed E-state index contributed by atoms with van der Waals surface area (Å²) in [7, 11) is 0. The van der Waals surface area contributed by atoms with Crippen LogP contribution in [0.1, 0.15) is 0 Å². The van der Waals surface area contributed by atoms with Gasteiger partial charge in [-0.1, -0.05) is 97.1 Å². The van der Waals surface area contributed by atoms with E-state index in [0.717, 1.165) is 0 Å². The van der Waals surface area contributed by atoms with E-state index in [4.69, 9.17) is 0 Å². The van der Waals surface area contributed by atoms with Gasteiger partial charge in [-0.25, -0.2) is 0 Å². The van der Waals surface area contributed by atoms with Crippen molar-refractivity contribution < 1.29 is 0 Å². The summed E-state index contributed by atoms with van der Waals surface area (Å²) in [6.45, 7) is 0. The van der Waals surface area contributed by atoms with Gasteiger partial charge in [-0.2, -0.15) is 0 Å². The SMILES string of the molecule is c1ccc(-c2ccc3sc4c(-c5ccccc5)cc(-c5ccccc5)cc4c3c2)cc1. The summed E-state index contributed by atoms with van der Waals surface area (Å²) in [5.74, 6) is 0. The molecular weight excluding hydrogens is 392 g/mol. The van der Waals surface area contributed by atoms with Crippen molar-refractivity contribution in [3.63, 3.8) is 0 Å². The minimum Gasteiger partial charge on any atom is -0.135 e. The van der Waals surface area contributed by atoms with Gasteiger partial charge in [0.25, 0.3) is 0 Å². The van der Waals surface area contributed by atoms with Crippen LogP contribution in [0.15, 0.2) is 121 Å². The molecule has 0 atom stereocenters. The Morgan fingerprint density at radius 2 is 0.935 bits per heavy atom. The highest BCUT2D eigenvalue weighted by atomic mass is 32.1. The lowest BCUT2D eigenvalue weighted by Crippen LogP contribution is -1.83. The zero-order chi connectivity index (χ0) is 20.6. The Morgan fingerprint density at radius 1 is 0.387 bits per heavy atom. The molecule has 0 bridgehead atoms. The molecule has 1 heteroatoms. The zero-order valence-corrected chi connectivity index (χ0v) is 17.8.